The van der Waals surface area contributed by atoms with Gasteiger partial charge in [-0.15, -0.1) is 11.3 Å². The highest BCUT2D eigenvalue weighted by Crippen LogP contribution is 2.34. The van der Waals surface area contributed by atoms with Crippen LogP contribution in [-0.4, -0.2) is 15.0 Å². The van der Waals surface area contributed by atoms with Gasteiger partial charge in [0.15, 0.2) is 0 Å². The first-order chi connectivity index (χ1) is 9.25. The summed E-state index contributed by atoms with van der Waals surface area (Å²) >= 11 is 1.56. The van der Waals surface area contributed by atoms with Gasteiger partial charge in [-0.2, -0.15) is 0 Å². The van der Waals surface area contributed by atoms with Crippen molar-refractivity contribution in [1.29, 1.82) is 0 Å². The van der Waals surface area contributed by atoms with Crippen LogP contribution in [0, 0.1) is 6.92 Å². The molecule has 0 amide bonds. The van der Waals surface area contributed by atoms with E-state index in [-0.39, 0.29) is 5.95 Å². The van der Waals surface area contributed by atoms with Gasteiger partial charge in [0.05, 0.1) is 21.8 Å². The number of nitrogens with zero attached hydrogens (tertiary/aromatic N) is 3. The van der Waals surface area contributed by atoms with Crippen LogP contribution < -0.4 is 5.73 Å². The summed E-state index contributed by atoms with van der Waals surface area (Å²) < 4.78 is 0. The lowest BCUT2D eigenvalue weighted by Crippen LogP contribution is -1.98. The Labute approximate surface area is 115 Å². The Morgan fingerprint density at radius 3 is 2.58 bits per heavy atom. The minimum absolute atomic E-state index is 0.280. The molecule has 5 heteroatoms. The van der Waals surface area contributed by atoms with Crippen molar-refractivity contribution in [2.75, 3.05) is 5.73 Å². The van der Waals surface area contributed by atoms with Gasteiger partial charge < -0.3 is 5.73 Å². The molecule has 19 heavy (non-hydrogen) atoms. The first-order valence-corrected chi connectivity index (χ1v) is 6.72. The van der Waals surface area contributed by atoms with Crippen molar-refractivity contribution in [1.82, 2.24) is 15.0 Å². The molecule has 94 valence electrons. The van der Waals surface area contributed by atoms with Crippen LogP contribution in [0.2, 0.25) is 0 Å². The van der Waals surface area contributed by atoms with Gasteiger partial charge in [-0.3, -0.25) is 0 Å². The molecule has 0 saturated heterocycles. The molecule has 0 radical (unpaired) electrons. The molecule has 0 unspecified atom stereocenters. The highest BCUT2D eigenvalue weighted by atomic mass is 32.1. The average molecular weight is 268 g/mol. The minimum Gasteiger partial charge on any atom is -0.368 e. The second-order valence-corrected chi connectivity index (χ2v) is 4.98. The van der Waals surface area contributed by atoms with Gasteiger partial charge in [0.1, 0.15) is 0 Å². The molecular formula is C14H12N4S. The molecular weight excluding hydrogens is 256 g/mol. The van der Waals surface area contributed by atoms with E-state index in [1.807, 2.05) is 42.8 Å². The molecule has 0 bridgehead atoms. The molecule has 3 aromatic rings. The third kappa shape index (κ3) is 2.20. The lowest BCUT2D eigenvalue weighted by atomic mass is 10.0. The Morgan fingerprint density at radius 2 is 1.89 bits per heavy atom. The second kappa shape index (κ2) is 4.78. The first kappa shape index (κ1) is 11.8. The number of aromatic nitrogens is 3. The van der Waals surface area contributed by atoms with E-state index in [0.29, 0.717) is 0 Å². The minimum atomic E-state index is 0.280. The summed E-state index contributed by atoms with van der Waals surface area (Å²) in [6, 6.07) is 10.0. The Balaban J connectivity index is 2.24. The van der Waals surface area contributed by atoms with E-state index in [0.717, 1.165) is 27.4 Å². The first-order valence-electron chi connectivity index (χ1n) is 5.84. The van der Waals surface area contributed by atoms with E-state index in [1.165, 1.54) is 0 Å². The van der Waals surface area contributed by atoms with Crippen molar-refractivity contribution in [2.45, 2.75) is 6.92 Å². The lowest BCUT2D eigenvalue weighted by Gasteiger charge is -2.08. The third-order valence-electron chi connectivity index (χ3n) is 2.85. The zero-order chi connectivity index (χ0) is 13.2. The summed E-state index contributed by atoms with van der Waals surface area (Å²) in [5.74, 6) is 0.280. The van der Waals surface area contributed by atoms with Crippen LogP contribution in [0.1, 0.15) is 5.69 Å². The maximum absolute atomic E-state index is 5.72. The Morgan fingerprint density at radius 1 is 1.11 bits per heavy atom. The lowest BCUT2D eigenvalue weighted by molar-refractivity contribution is 1.18. The van der Waals surface area contributed by atoms with Crippen molar-refractivity contribution >= 4 is 17.3 Å². The average Bonchev–Trinajstić information content (AvgIpc) is 2.86. The van der Waals surface area contributed by atoms with Gasteiger partial charge in [0, 0.05) is 11.8 Å². The third-order valence-corrected chi connectivity index (χ3v) is 3.79. The molecule has 0 spiro atoms. The molecule has 0 aliphatic rings. The van der Waals surface area contributed by atoms with Gasteiger partial charge in [0.25, 0.3) is 0 Å². The molecule has 2 N–H and O–H groups in total. The molecule has 0 aliphatic carbocycles. The topological polar surface area (TPSA) is 64.7 Å². The van der Waals surface area contributed by atoms with Crippen molar-refractivity contribution in [3.05, 3.63) is 47.7 Å². The molecule has 0 saturated carbocycles. The van der Waals surface area contributed by atoms with Gasteiger partial charge in [-0.1, -0.05) is 30.3 Å². The van der Waals surface area contributed by atoms with Crippen LogP contribution >= 0.6 is 11.3 Å². The van der Waals surface area contributed by atoms with E-state index < -0.39 is 0 Å². The highest BCUT2D eigenvalue weighted by Gasteiger charge is 2.14. The van der Waals surface area contributed by atoms with Gasteiger partial charge in [0.2, 0.25) is 5.95 Å². The van der Waals surface area contributed by atoms with Gasteiger partial charge in [-0.05, 0) is 12.5 Å². The predicted molar refractivity (Wildman–Crippen MR) is 77.7 cm³/mol. The van der Waals surface area contributed by atoms with Crippen LogP contribution in [0.15, 0.2) is 42.0 Å². The van der Waals surface area contributed by atoms with Crippen LogP contribution in [-0.2, 0) is 0 Å². The van der Waals surface area contributed by atoms with Gasteiger partial charge >= 0.3 is 0 Å². The van der Waals surface area contributed by atoms with Crippen molar-refractivity contribution in [3.63, 3.8) is 0 Å². The zero-order valence-corrected chi connectivity index (χ0v) is 11.2. The molecule has 0 aliphatic heterocycles. The summed E-state index contributed by atoms with van der Waals surface area (Å²) in [6.07, 6.45) is 1.77. The molecule has 2 heterocycles. The van der Waals surface area contributed by atoms with Crippen molar-refractivity contribution < 1.29 is 0 Å². The fourth-order valence-corrected chi connectivity index (χ4v) is 2.73. The quantitative estimate of drug-likeness (QED) is 0.775. The standard InChI is InChI=1S/C14H12N4S/c1-9-13(19-8-17-9)12-11(7-16-14(15)18-12)10-5-3-2-4-6-10/h2-8H,1H3,(H2,15,16,18). The number of hydrogen-bond donors (Lipinski definition) is 1. The highest BCUT2D eigenvalue weighted by molar-refractivity contribution is 7.13. The van der Waals surface area contributed by atoms with Gasteiger partial charge in [-0.25, -0.2) is 15.0 Å². The normalized spacial score (nSPS) is 10.6. The molecule has 2 aromatic heterocycles. The molecule has 4 nitrogen and oxygen atoms in total. The summed E-state index contributed by atoms with van der Waals surface area (Å²) in [6.45, 7) is 1.97. The molecule has 1 aromatic carbocycles. The van der Waals surface area contributed by atoms with E-state index >= 15 is 0 Å². The number of aryl methyl sites for hydroxylation is 1. The zero-order valence-electron chi connectivity index (χ0n) is 10.4. The monoisotopic (exact) mass is 268 g/mol. The number of nitrogen functional groups attached to an aromatic ring is 1. The summed E-state index contributed by atoms with van der Waals surface area (Å²) in [5, 5.41) is 0. The summed E-state index contributed by atoms with van der Waals surface area (Å²) in [4.78, 5) is 13.8. The Kier molecular flexibility index (Phi) is 2.97. The van der Waals surface area contributed by atoms with Crippen LogP contribution in [0.4, 0.5) is 5.95 Å². The molecule has 0 fully saturated rings. The summed E-state index contributed by atoms with van der Waals surface area (Å²) in [5.41, 5.74) is 11.4. The SMILES string of the molecule is Cc1ncsc1-c1nc(N)ncc1-c1ccccc1. The maximum atomic E-state index is 5.72. The fraction of sp³-hybridized carbons (Fsp3) is 0.0714. The van der Waals surface area contributed by atoms with E-state index in [2.05, 4.69) is 15.0 Å². The number of benzene rings is 1. The largest absolute Gasteiger partial charge is 0.368 e. The van der Waals surface area contributed by atoms with Crippen molar-refractivity contribution in [3.8, 4) is 21.7 Å². The molecule has 3 rings (SSSR count). The van der Waals surface area contributed by atoms with Crippen LogP contribution in [0.25, 0.3) is 21.7 Å². The van der Waals surface area contributed by atoms with Crippen molar-refractivity contribution in [2.24, 2.45) is 0 Å². The number of rotatable bonds is 2. The fourth-order valence-electron chi connectivity index (χ4n) is 1.93. The Bertz CT molecular complexity index is 706. The number of nitrogens with two attached hydrogens (primary N) is 1. The van der Waals surface area contributed by atoms with E-state index in [9.17, 15) is 0 Å². The second-order valence-electron chi connectivity index (χ2n) is 4.12. The number of thiazole rings is 1. The smallest absolute Gasteiger partial charge is 0.220 e. The summed E-state index contributed by atoms with van der Waals surface area (Å²) in [7, 11) is 0. The molecule has 0 atom stereocenters. The van der Waals surface area contributed by atoms with Crippen LogP contribution in [0.3, 0.4) is 0 Å². The van der Waals surface area contributed by atoms with E-state index in [4.69, 9.17) is 5.73 Å². The van der Waals surface area contributed by atoms with Crippen LogP contribution in [0.5, 0.6) is 0 Å². The number of anilines is 1. The van der Waals surface area contributed by atoms with E-state index in [1.54, 1.807) is 17.5 Å². The number of hydrogen-bond acceptors (Lipinski definition) is 5. The Hall–Kier alpha value is -2.27. The maximum Gasteiger partial charge on any atom is 0.220 e. The predicted octanol–water partition coefficient (Wildman–Crippen LogP) is 3.16.